The number of amides is 1. The minimum atomic E-state index is -0.373. The zero-order valence-corrected chi connectivity index (χ0v) is 14.3. The van der Waals surface area contributed by atoms with Crippen LogP contribution < -0.4 is 5.32 Å². The predicted molar refractivity (Wildman–Crippen MR) is 87.4 cm³/mol. The molecule has 0 spiro atoms. The molecule has 1 rings (SSSR count). The lowest BCUT2D eigenvalue weighted by molar-refractivity contribution is -0.119. The number of aryl methyl sites for hydroxylation is 1. The average molecular weight is 332 g/mol. The van der Waals surface area contributed by atoms with Crippen molar-refractivity contribution < 1.29 is 14.3 Å². The van der Waals surface area contributed by atoms with Gasteiger partial charge in [0.15, 0.2) is 0 Å². The zero-order valence-electron chi connectivity index (χ0n) is 12.7. The van der Waals surface area contributed by atoms with Crippen molar-refractivity contribution in [3.05, 3.63) is 16.5 Å². The smallest absolute Gasteiger partial charge is 0.341 e. The molecule has 0 bridgehead atoms. The molecule has 6 heteroatoms. The van der Waals surface area contributed by atoms with Gasteiger partial charge in [-0.05, 0) is 30.7 Å². The molecule has 1 unspecified atom stereocenters. The van der Waals surface area contributed by atoms with E-state index in [1.807, 2.05) is 19.2 Å². The first-order valence-electron chi connectivity index (χ1n) is 7.19. The Morgan fingerprint density at radius 3 is 2.71 bits per heavy atom. The summed E-state index contributed by atoms with van der Waals surface area (Å²) in [5.41, 5.74) is 1.43. The predicted octanol–water partition coefficient (Wildman–Crippen LogP) is 4.08. The Morgan fingerprint density at radius 1 is 1.43 bits per heavy atom. The van der Waals surface area contributed by atoms with Gasteiger partial charge in [0.1, 0.15) is 5.00 Å². The lowest BCUT2D eigenvalue weighted by Gasteiger charge is -2.11. The van der Waals surface area contributed by atoms with E-state index in [1.165, 1.54) is 11.3 Å². The summed E-state index contributed by atoms with van der Waals surface area (Å²) in [5, 5.41) is 5.32. The second-order valence-corrected chi connectivity index (χ2v) is 6.06. The molecular formula is C15H22ClNO3S. The minimum Gasteiger partial charge on any atom is -0.462 e. The molecule has 0 fully saturated rings. The quantitative estimate of drug-likeness (QED) is 0.577. The highest BCUT2D eigenvalue weighted by Gasteiger charge is 2.22. The fraction of sp³-hybridized carbons (Fsp3) is 0.600. The van der Waals surface area contributed by atoms with Gasteiger partial charge in [0.2, 0.25) is 5.91 Å². The Labute approximate surface area is 134 Å². The third-order valence-corrected chi connectivity index (χ3v) is 4.26. The van der Waals surface area contributed by atoms with Crippen LogP contribution in [0.25, 0.3) is 0 Å². The average Bonchev–Trinajstić information content (AvgIpc) is 2.82. The minimum absolute atomic E-state index is 0.119. The van der Waals surface area contributed by atoms with Crippen LogP contribution in [0.5, 0.6) is 0 Å². The maximum Gasteiger partial charge on any atom is 0.341 e. The molecule has 1 atom stereocenters. The molecule has 1 aromatic rings. The Hall–Kier alpha value is -1.07. The number of alkyl halides is 1. The molecular weight excluding hydrogens is 310 g/mol. The van der Waals surface area contributed by atoms with Crippen molar-refractivity contribution in [2.45, 2.75) is 40.0 Å². The van der Waals surface area contributed by atoms with Crippen LogP contribution in [0.2, 0.25) is 0 Å². The van der Waals surface area contributed by atoms with E-state index in [4.69, 9.17) is 16.3 Å². The normalized spacial score (nSPS) is 12.0. The topological polar surface area (TPSA) is 55.4 Å². The van der Waals surface area contributed by atoms with E-state index in [-0.39, 0.29) is 17.8 Å². The summed E-state index contributed by atoms with van der Waals surface area (Å²) in [7, 11) is 0. The van der Waals surface area contributed by atoms with Crippen LogP contribution in [-0.2, 0) is 16.0 Å². The number of hydrogen-bond donors (Lipinski definition) is 1. The summed E-state index contributed by atoms with van der Waals surface area (Å²) < 4.78 is 5.10. The summed E-state index contributed by atoms with van der Waals surface area (Å²) in [6.07, 6.45) is 2.33. The molecule has 0 aromatic carbocycles. The van der Waals surface area contributed by atoms with Gasteiger partial charge in [-0.1, -0.05) is 20.3 Å². The van der Waals surface area contributed by atoms with E-state index in [1.54, 1.807) is 6.92 Å². The Kier molecular flexibility index (Phi) is 7.75. The number of carbonyl (C=O) groups is 2. The van der Waals surface area contributed by atoms with Crippen molar-refractivity contribution in [2.75, 3.05) is 17.8 Å². The van der Waals surface area contributed by atoms with Gasteiger partial charge in [0.05, 0.1) is 12.2 Å². The van der Waals surface area contributed by atoms with Crippen LogP contribution in [0, 0.1) is 5.92 Å². The molecule has 0 aliphatic rings. The number of hydrogen-bond acceptors (Lipinski definition) is 4. The highest BCUT2D eigenvalue weighted by Crippen LogP contribution is 2.30. The Morgan fingerprint density at radius 2 is 2.14 bits per heavy atom. The third kappa shape index (κ3) is 5.00. The summed E-state index contributed by atoms with van der Waals surface area (Å²) in [6.45, 7) is 5.95. The molecule has 4 nitrogen and oxygen atoms in total. The molecule has 1 N–H and O–H groups in total. The Bertz CT molecular complexity index is 487. The largest absolute Gasteiger partial charge is 0.462 e. The molecule has 0 saturated heterocycles. The molecule has 118 valence electrons. The molecule has 21 heavy (non-hydrogen) atoms. The van der Waals surface area contributed by atoms with E-state index in [0.717, 1.165) is 18.4 Å². The van der Waals surface area contributed by atoms with Crippen LogP contribution in [0.1, 0.15) is 49.5 Å². The number of esters is 1. The van der Waals surface area contributed by atoms with Gasteiger partial charge in [-0.25, -0.2) is 4.79 Å². The van der Waals surface area contributed by atoms with Crippen LogP contribution in [-0.4, -0.2) is 24.4 Å². The first-order chi connectivity index (χ1) is 10.0. The number of ether oxygens (including phenoxy) is 1. The number of carbonyl (C=O) groups excluding carboxylic acids is 2. The fourth-order valence-electron chi connectivity index (χ4n) is 1.90. The third-order valence-electron chi connectivity index (χ3n) is 3.09. The SMILES string of the molecule is CCCc1csc(NC(=O)C(C)CCCl)c1C(=O)OCC. The first kappa shape index (κ1) is 18.0. The number of rotatable bonds is 8. The number of halogens is 1. The van der Waals surface area contributed by atoms with Gasteiger partial charge < -0.3 is 10.1 Å². The molecule has 0 aliphatic heterocycles. The van der Waals surface area contributed by atoms with Gasteiger partial charge in [0, 0.05) is 11.8 Å². The van der Waals surface area contributed by atoms with Gasteiger partial charge in [0.25, 0.3) is 0 Å². The van der Waals surface area contributed by atoms with Crippen molar-refractivity contribution in [3.63, 3.8) is 0 Å². The molecule has 0 saturated carbocycles. The highest BCUT2D eigenvalue weighted by molar-refractivity contribution is 7.15. The van der Waals surface area contributed by atoms with E-state index in [2.05, 4.69) is 5.32 Å². The first-order valence-corrected chi connectivity index (χ1v) is 8.60. The Balaban J connectivity index is 2.95. The fourth-order valence-corrected chi connectivity index (χ4v) is 3.21. The second kappa shape index (κ2) is 9.05. The van der Waals surface area contributed by atoms with E-state index < -0.39 is 0 Å². The summed E-state index contributed by atoms with van der Waals surface area (Å²) >= 11 is 7.03. The maximum atomic E-state index is 12.1. The monoisotopic (exact) mass is 331 g/mol. The van der Waals surface area contributed by atoms with Gasteiger partial charge in [-0.2, -0.15) is 0 Å². The van der Waals surface area contributed by atoms with E-state index >= 15 is 0 Å². The van der Waals surface area contributed by atoms with Gasteiger partial charge in [-0.3, -0.25) is 4.79 Å². The summed E-state index contributed by atoms with van der Waals surface area (Å²) in [5.74, 6) is -0.243. The maximum absolute atomic E-state index is 12.1. The standard InChI is InChI=1S/C15H22ClNO3S/c1-4-6-11-9-21-14(12(11)15(19)20-5-2)17-13(18)10(3)7-8-16/h9-10H,4-8H2,1-3H3,(H,17,18). The molecule has 1 heterocycles. The number of nitrogens with one attached hydrogen (secondary N) is 1. The lowest BCUT2D eigenvalue weighted by atomic mass is 10.1. The van der Waals surface area contributed by atoms with Crippen molar-refractivity contribution in [3.8, 4) is 0 Å². The molecule has 0 radical (unpaired) electrons. The molecule has 1 aromatic heterocycles. The summed E-state index contributed by atoms with van der Waals surface area (Å²) in [6, 6.07) is 0. The van der Waals surface area contributed by atoms with Gasteiger partial charge >= 0.3 is 5.97 Å². The van der Waals surface area contributed by atoms with Crippen LogP contribution >= 0.6 is 22.9 Å². The molecule has 1 amide bonds. The van der Waals surface area contributed by atoms with Crippen LogP contribution in [0.4, 0.5) is 5.00 Å². The van der Waals surface area contributed by atoms with Crippen molar-refractivity contribution >= 4 is 39.8 Å². The lowest BCUT2D eigenvalue weighted by Crippen LogP contribution is -2.21. The number of thiophene rings is 1. The molecule has 0 aliphatic carbocycles. The van der Waals surface area contributed by atoms with Crippen molar-refractivity contribution in [1.82, 2.24) is 0 Å². The number of anilines is 1. The van der Waals surface area contributed by atoms with Gasteiger partial charge in [-0.15, -0.1) is 22.9 Å². The van der Waals surface area contributed by atoms with Crippen LogP contribution in [0.15, 0.2) is 5.38 Å². The second-order valence-electron chi connectivity index (χ2n) is 4.80. The zero-order chi connectivity index (χ0) is 15.8. The van der Waals surface area contributed by atoms with Crippen LogP contribution in [0.3, 0.4) is 0 Å². The summed E-state index contributed by atoms with van der Waals surface area (Å²) in [4.78, 5) is 24.2. The van der Waals surface area contributed by atoms with Crippen molar-refractivity contribution in [1.29, 1.82) is 0 Å². The van der Waals surface area contributed by atoms with Crippen molar-refractivity contribution in [2.24, 2.45) is 5.92 Å². The highest BCUT2D eigenvalue weighted by atomic mass is 35.5. The van der Waals surface area contributed by atoms with E-state index in [0.29, 0.717) is 29.5 Å². The van der Waals surface area contributed by atoms with E-state index in [9.17, 15) is 9.59 Å².